The Morgan fingerprint density at radius 3 is 2.40 bits per heavy atom. The molecule has 0 spiro atoms. The molecule has 0 atom stereocenters. The van der Waals surface area contributed by atoms with E-state index >= 15 is 0 Å². The maximum Gasteiger partial charge on any atom is 0.285 e. The molecule has 0 fully saturated rings. The first-order valence-corrected chi connectivity index (χ1v) is 6.77. The monoisotopic (exact) mass is 286 g/mol. The number of hydrogen-bond acceptors (Lipinski definition) is 5. The minimum absolute atomic E-state index is 0.129. The zero-order valence-corrected chi connectivity index (χ0v) is 11.1. The van der Waals surface area contributed by atoms with E-state index in [0.717, 1.165) is 15.5 Å². The van der Waals surface area contributed by atoms with Crippen LogP contribution in [0.2, 0.25) is 0 Å². The Hall–Kier alpha value is -2.31. The van der Waals surface area contributed by atoms with E-state index in [2.05, 4.69) is 0 Å². The molecule has 1 N–H and O–H groups in total. The summed E-state index contributed by atoms with van der Waals surface area (Å²) in [6.45, 7) is 0.129. The number of thiophene rings is 1. The fourth-order valence-corrected chi connectivity index (χ4v) is 2.71. The number of carbonyl (C=O) groups excluding carboxylic acids is 2. The van der Waals surface area contributed by atoms with Gasteiger partial charge in [0.25, 0.3) is 11.8 Å². The van der Waals surface area contributed by atoms with Gasteiger partial charge in [-0.3, -0.25) is 14.4 Å². The quantitative estimate of drug-likeness (QED) is 0.693. The fourth-order valence-electron chi connectivity index (χ4n) is 1.96. The van der Waals surface area contributed by atoms with Gasteiger partial charge in [-0.05, 0) is 23.6 Å². The van der Waals surface area contributed by atoms with Crippen molar-refractivity contribution in [3.8, 4) is 0 Å². The molecular formula is C14H10N2O3S. The highest BCUT2D eigenvalue weighted by atomic mass is 32.1. The summed E-state index contributed by atoms with van der Waals surface area (Å²) in [4.78, 5) is 30.2. The first kappa shape index (κ1) is 12.7. The molecular weight excluding hydrogens is 276 g/mol. The Balaban J connectivity index is 1.75. The zero-order chi connectivity index (χ0) is 14.1. The Labute approximate surface area is 118 Å². The number of nitrogens with one attached hydrogen (secondary N) is 1. The molecule has 5 nitrogen and oxygen atoms in total. The number of hydrogen-bond donors (Lipinski definition) is 1. The predicted octanol–water partition coefficient (Wildman–Crippen LogP) is 2.47. The molecule has 1 aromatic heterocycles. The molecule has 1 aromatic carbocycles. The van der Waals surface area contributed by atoms with Crippen molar-refractivity contribution < 1.29 is 14.4 Å². The molecule has 2 aromatic rings. The number of nitrogens with zero attached hydrogens (tertiary/aromatic N) is 1. The van der Waals surface area contributed by atoms with E-state index in [1.807, 2.05) is 5.38 Å². The average molecular weight is 286 g/mol. The third kappa shape index (κ3) is 2.04. The van der Waals surface area contributed by atoms with Gasteiger partial charge in [0.15, 0.2) is 0 Å². The van der Waals surface area contributed by atoms with Crippen LogP contribution in [-0.4, -0.2) is 23.1 Å². The van der Waals surface area contributed by atoms with E-state index in [1.165, 1.54) is 17.6 Å². The van der Waals surface area contributed by atoms with Crippen molar-refractivity contribution in [1.29, 1.82) is 5.41 Å². The summed E-state index contributed by atoms with van der Waals surface area (Å²) >= 11 is 1.42. The summed E-state index contributed by atoms with van der Waals surface area (Å²) in [7, 11) is 0. The Bertz CT molecular complexity index is 673. The second-order valence-electron chi connectivity index (χ2n) is 4.21. The fraction of sp³-hybridized carbons (Fsp3) is 0.0714. The molecule has 0 saturated carbocycles. The van der Waals surface area contributed by atoms with E-state index in [0.29, 0.717) is 11.1 Å². The number of benzene rings is 1. The lowest BCUT2D eigenvalue weighted by Crippen LogP contribution is -2.29. The number of hydroxylamine groups is 2. The number of amides is 2. The highest BCUT2D eigenvalue weighted by Crippen LogP contribution is 2.24. The van der Waals surface area contributed by atoms with Crippen molar-refractivity contribution in [2.24, 2.45) is 0 Å². The maximum absolute atomic E-state index is 12.0. The third-order valence-electron chi connectivity index (χ3n) is 2.93. The van der Waals surface area contributed by atoms with Gasteiger partial charge in [0.2, 0.25) is 0 Å². The molecule has 3 rings (SSSR count). The lowest BCUT2D eigenvalue weighted by molar-refractivity contribution is -0.0998. The molecule has 1 aliphatic heterocycles. The predicted molar refractivity (Wildman–Crippen MR) is 73.9 cm³/mol. The second-order valence-corrected chi connectivity index (χ2v) is 5.21. The number of fused-ring (bicyclic) bond motifs is 1. The molecule has 0 bridgehead atoms. The lowest BCUT2D eigenvalue weighted by Gasteiger charge is -2.12. The molecule has 1 aliphatic rings. The van der Waals surface area contributed by atoms with Gasteiger partial charge in [-0.1, -0.05) is 12.1 Å². The summed E-state index contributed by atoms with van der Waals surface area (Å²) in [6, 6.07) is 8.43. The van der Waals surface area contributed by atoms with Crippen molar-refractivity contribution in [2.75, 3.05) is 0 Å². The summed E-state index contributed by atoms with van der Waals surface area (Å²) < 4.78 is 0. The molecule has 2 heterocycles. The third-order valence-corrected chi connectivity index (χ3v) is 3.86. The highest BCUT2D eigenvalue weighted by Gasteiger charge is 2.36. The van der Waals surface area contributed by atoms with E-state index in [1.54, 1.807) is 30.3 Å². The van der Waals surface area contributed by atoms with Crippen molar-refractivity contribution in [3.05, 3.63) is 57.3 Å². The van der Waals surface area contributed by atoms with Gasteiger partial charge in [0, 0.05) is 16.7 Å². The molecule has 100 valence electrons. The van der Waals surface area contributed by atoms with Gasteiger partial charge < -0.3 is 5.41 Å². The van der Waals surface area contributed by atoms with Crippen LogP contribution in [0.3, 0.4) is 0 Å². The van der Waals surface area contributed by atoms with Crippen LogP contribution in [0.1, 0.15) is 31.2 Å². The maximum atomic E-state index is 12.0. The molecule has 6 heteroatoms. The van der Waals surface area contributed by atoms with Crippen LogP contribution in [0.5, 0.6) is 0 Å². The largest absolute Gasteiger partial charge is 0.308 e. The molecule has 0 unspecified atom stereocenters. The summed E-state index contributed by atoms with van der Waals surface area (Å²) in [6.07, 6.45) is 1.24. The molecule has 0 saturated heterocycles. The summed E-state index contributed by atoms with van der Waals surface area (Å²) in [5, 5.41) is 9.74. The molecule has 2 amide bonds. The van der Waals surface area contributed by atoms with E-state index < -0.39 is 11.8 Å². The van der Waals surface area contributed by atoms with Gasteiger partial charge in [-0.25, -0.2) is 0 Å². The van der Waals surface area contributed by atoms with Crippen LogP contribution in [-0.2, 0) is 11.4 Å². The van der Waals surface area contributed by atoms with E-state index in [-0.39, 0.29) is 6.61 Å². The highest BCUT2D eigenvalue weighted by molar-refractivity contribution is 7.10. The second kappa shape index (κ2) is 4.99. The van der Waals surface area contributed by atoms with Crippen LogP contribution in [0.25, 0.3) is 0 Å². The van der Waals surface area contributed by atoms with Crippen molar-refractivity contribution in [3.63, 3.8) is 0 Å². The van der Waals surface area contributed by atoms with Gasteiger partial charge in [-0.15, -0.1) is 16.4 Å². The standard InChI is InChI=1S/C14H10N2O3S/c15-6-9-5-10(20-8-9)7-19-16-13(17)11-3-1-2-4-12(11)14(16)18/h1-6,8,15H,7H2. The average Bonchev–Trinajstić information content (AvgIpc) is 3.03. The van der Waals surface area contributed by atoms with Gasteiger partial charge in [-0.2, -0.15) is 0 Å². The normalized spacial score (nSPS) is 13.7. The first-order chi connectivity index (χ1) is 9.70. The minimum Gasteiger partial charge on any atom is -0.308 e. The van der Waals surface area contributed by atoms with E-state index in [4.69, 9.17) is 10.2 Å². The number of rotatable bonds is 4. The summed E-state index contributed by atoms with van der Waals surface area (Å²) in [5.74, 6) is -0.871. The van der Waals surface area contributed by atoms with Gasteiger partial charge >= 0.3 is 0 Å². The zero-order valence-electron chi connectivity index (χ0n) is 10.3. The van der Waals surface area contributed by atoms with Gasteiger partial charge in [0.05, 0.1) is 11.1 Å². The van der Waals surface area contributed by atoms with Crippen LogP contribution in [0.4, 0.5) is 0 Å². The van der Waals surface area contributed by atoms with Crippen LogP contribution < -0.4 is 0 Å². The summed E-state index contributed by atoms with van der Waals surface area (Å²) in [5.41, 5.74) is 1.50. The Morgan fingerprint density at radius 2 is 1.85 bits per heavy atom. The van der Waals surface area contributed by atoms with Gasteiger partial charge in [0.1, 0.15) is 6.61 Å². The van der Waals surface area contributed by atoms with Crippen LogP contribution >= 0.6 is 11.3 Å². The molecule has 0 radical (unpaired) electrons. The van der Waals surface area contributed by atoms with Crippen molar-refractivity contribution >= 4 is 29.4 Å². The molecule has 0 aliphatic carbocycles. The van der Waals surface area contributed by atoms with E-state index in [9.17, 15) is 9.59 Å². The van der Waals surface area contributed by atoms with Crippen molar-refractivity contribution in [2.45, 2.75) is 6.61 Å². The van der Waals surface area contributed by atoms with Crippen LogP contribution in [0, 0.1) is 5.41 Å². The minimum atomic E-state index is -0.436. The number of carbonyl (C=O) groups is 2. The topological polar surface area (TPSA) is 70.5 Å². The Morgan fingerprint density at radius 1 is 1.20 bits per heavy atom. The molecule has 20 heavy (non-hydrogen) atoms. The smallest absolute Gasteiger partial charge is 0.285 e. The van der Waals surface area contributed by atoms with Crippen LogP contribution in [0.15, 0.2) is 35.7 Å². The van der Waals surface area contributed by atoms with Crippen molar-refractivity contribution in [1.82, 2.24) is 5.06 Å². The number of imide groups is 1. The first-order valence-electron chi connectivity index (χ1n) is 5.89. The Kier molecular flexibility index (Phi) is 3.17. The SMILES string of the molecule is N=Cc1csc(CON2C(=O)c3ccccc3C2=O)c1. The lowest BCUT2D eigenvalue weighted by atomic mass is 10.1.